The largest absolute Gasteiger partial charge is 0.481 e. The smallest absolute Gasteiger partial charge is 0.306 e. The Labute approximate surface area is 137 Å². The molecule has 3 rings (SSSR count). The van der Waals surface area contributed by atoms with E-state index in [1.807, 2.05) is 6.07 Å². The summed E-state index contributed by atoms with van der Waals surface area (Å²) < 4.78 is 5.37. The number of fused-ring (bicyclic) bond motifs is 1. The van der Waals surface area contributed by atoms with E-state index in [4.69, 9.17) is 9.84 Å². The fourth-order valence-electron chi connectivity index (χ4n) is 2.62. The number of carboxylic acid groups (broad SMARTS) is 1. The number of carboxylic acids is 1. The van der Waals surface area contributed by atoms with Crippen molar-refractivity contribution in [2.24, 2.45) is 0 Å². The van der Waals surface area contributed by atoms with E-state index < -0.39 is 12.1 Å². The minimum Gasteiger partial charge on any atom is -0.481 e. The van der Waals surface area contributed by atoms with Gasteiger partial charge in [0, 0.05) is 23.5 Å². The molecule has 7 nitrogen and oxygen atoms in total. The third-order valence-corrected chi connectivity index (χ3v) is 4.76. The summed E-state index contributed by atoms with van der Waals surface area (Å²) in [7, 11) is 0. The second kappa shape index (κ2) is 6.59. The summed E-state index contributed by atoms with van der Waals surface area (Å²) in [5.74, 6) is -0.838. The lowest BCUT2D eigenvalue weighted by Gasteiger charge is -2.32. The van der Waals surface area contributed by atoms with Crippen molar-refractivity contribution in [3.05, 3.63) is 23.8 Å². The molecule has 2 heterocycles. The Morgan fingerprint density at radius 1 is 1.43 bits per heavy atom. The van der Waals surface area contributed by atoms with Crippen molar-refractivity contribution in [3.63, 3.8) is 0 Å². The fraction of sp³-hybridized carbons (Fsp3) is 0.400. The summed E-state index contributed by atoms with van der Waals surface area (Å²) in [6, 6.07) is 5.22. The molecule has 23 heavy (non-hydrogen) atoms. The van der Waals surface area contributed by atoms with Crippen LogP contribution < -0.4 is 5.32 Å². The molecule has 1 saturated heterocycles. The third-order valence-electron chi connectivity index (χ3n) is 3.69. The Morgan fingerprint density at radius 3 is 3.04 bits per heavy atom. The topological polar surface area (TPSA) is 95.9 Å². The molecule has 0 saturated carbocycles. The van der Waals surface area contributed by atoms with Crippen LogP contribution in [0.3, 0.4) is 0 Å². The van der Waals surface area contributed by atoms with Crippen LogP contribution in [0.15, 0.2) is 23.1 Å². The van der Waals surface area contributed by atoms with E-state index in [0.717, 1.165) is 4.90 Å². The number of anilines is 1. The van der Waals surface area contributed by atoms with Gasteiger partial charge in [-0.3, -0.25) is 14.4 Å². The van der Waals surface area contributed by atoms with Crippen LogP contribution in [-0.2, 0) is 14.3 Å². The first-order chi connectivity index (χ1) is 11.0. The summed E-state index contributed by atoms with van der Waals surface area (Å²) in [5, 5.41) is 11.6. The fourth-order valence-corrected chi connectivity index (χ4v) is 3.41. The van der Waals surface area contributed by atoms with Gasteiger partial charge in [0.25, 0.3) is 5.91 Å². The highest BCUT2D eigenvalue weighted by Crippen LogP contribution is 2.32. The second-order valence-corrected chi connectivity index (χ2v) is 6.41. The molecule has 122 valence electrons. The van der Waals surface area contributed by atoms with E-state index in [1.54, 1.807) is 17.0 Å². The first-order valence-electron chi connectivity index (χ1n) is 7.22. The van der Waals surface area contributed by atoms with Gasteiger partial charge in [0.2, 0.25) is 5.91 Å². The molecule has 1 fully saturated rings. The van der Waals surface area contributed by atoms with Gasteiger partial charge in [0.1, 0.15) is 0 Å². The van der Waals surface area contributed by atoms with E-state index in [-0.39, 0.29) is 24.8 Å². The molecule has 0 bridgehead atoms. The van der Waals surface area contributed by atoms with Crippen molar-refractivity contribution in [2.45, 2.75) is 17.4 Å². The zero-order chi connectivity index (χ0) is 16.4. The van der Waals surface area contributed by atoms with E-state index in [1.165, 1.54) is 11.8 Å². The van der Waals surface area contributed by atoms with Crippen LogP contribution in [0.25, 0.3) is 0 Å². The van der Waals surface area contributed by atoms with Gasteiger partial charge in [0.05, 0.1) is 30.6 Å². The zero-order valence-corrected chi connectivity index (χ0v) is 13.1. The highest BCUT2D eigenvalue weighted by molar-refractivity contribution is 8.00. The minimum absolute atomic E-state index is 0.0833. The molecule has 2 amide bonds. The normalized spacial score (nSPS) is 20.6. The van der Waals surface area contributed by atoms with Crippen LogP contribution >= 0.6 is 11.8 Å². The van der Waals surface area contributed by atoms with Gasteiger partial charge in [0.15, 0.2) is 0 Å². The number of nitrogens with zero attached hydrogens (tertiary/aromatic N) is 1. The Balaban J connectivity index is 1.73. The molecule has 1 aromatic carbocycles. The first kappa shape index (κ1) is 15.8. The van der Waals surface area contributed by atoms with Gasteiger partial charge < -0.3 is 20.1 Å². The summed E-state index contributed by atoms with van der Waals surface area (Å²) >= 11 is 1.44. The minimum atomic E-state index is -0.946. The second-order valence-electron chi connectivity index (χ2n) is 5.39. The van der Waals surface area contributed by atoms with Crippen molar-refractivity contribution in [1.82, 2.24) is 4.90 Å². The van der Waals surface area contributed by atoms with Gasteiger partial charge >= 0.3 is 5.97 Å². The molecule has 2 N–H and O–H groups in total. The number of hydrogen-bond acceptors (Lipinski definition) is 5. The van der Waals surface area contributed by atoms with Gasteiger partial charge in [-0.1, -0.05) is 0 Å². The summed E-state index contributed by atoms with van der Waals surface area (Å²) in [4.78, 5) is 37.4. The van der Waals surface area contributed by atoms with Crippen LogP contribution in [0.4, 0.5) is 5.69 Å². The molecule has 1 aromatic rings. The molecule has 1 unspecified atom stereocenters. The van der Waals surface area contributed by atoms with E-state index in [9.17, 15) is 14.4 Å². The molecule has 0 spiro atoms. The maximum atomic E-state index is 12.6. The number of hydrogen-bond donors (Lipinski definition) is 2. The lowest BCUT2D eigenvalue weighted by atomic mass is 10.1. The van der Waals surface area contributed by atoms with Crippen molar-refractivity contribution >= 4 is 35.2 Å². The lowest BCUT2D eigenvalue weighted by molar-refractivity contribution is -0.141. The number of aliphatic carboxylic acids is 1. The Morgan fingerprint density at radius 2 is 2.26 bits per heavy atom. The average Bonchev–Trinajstić information content (AvgIpc) is 2.53. The van der Waals surface area contributed by atoms with Gasteiger partial charge in [-0.15, -0.1) is 11.8 Å². The van der Waals surface area contributed by atoms with Crippen LogP contribution in [0.1, 0.15) is 16.8 Å². The third kappa shape index (κ3) is 3.65. The summed E-state index contributed by atoms with van der Waals surface area (Å²) in [5.41, 5.74) is 1.12. The molecule has 8 heteroatoms. The predicted octanol–water partition coefficient (Wildman–Crippen LogP) is 1.05. The number of carbonyl (C=O) groups excluding carboxylic acids is 2. The maximum absolute atomic E-state index is 12.6. The number of morpholine rings is 1. The predicted molar refractivity (Wildman–Crippen MR) is 83.7 cm³/mol. The number of benzene rings is 1. The zero-order valence-electron chi connectivity index (χ0n) is 12.3. The van der Waals surface area contributed by atoms with Gasteiger partial charge in [-0.2, -0.15) is 0 Å². The van der Waals surface area contributed by atoms with Gasteiger partial charge in [-0.05, 0) is 18.2 Å². The Hall–Kier alpha value is -2.06. The number of ether oxygens (including phenoxy) is 1. The van der Waals surface area contributed by atoms with Crippen molar-refractivity contribution < 1.29 is 24.2 Å². The number of thioether (sulfide) groups is 1. The first-order valence-corrected chi connectivity index (χ1v) is 8.21. The summed E-state index contributed by atoms with van der Waals surface area (Å²) in [6.45, 7) is 0.998. The van der Waals surface area contributed by atoms with Crippen LogP contribution in [0.2, 0.25) is 0 Å². The van der Waals surface area contributed by atoms with E-state index in [0.29, 0.717) is 30.2 Å². The number of carbonyl (C=O) groups is 3. The molecular weight excluding hydrogens is 320 g/mol. The van der Waals surface area contributed by atoms with Crippen LogP contribution in [0.5, 0.6) is 0 Å². The van der Waals surface area contributed by atoms with Crippen LogP contribution in [0, 0.1) is 0 Å². The SMILES string of the molecule is O=C(O)CC1CN(C(=O)c2ccc3c(c2)NC(=O)CS3)CCO1. The van der Waals surface area contributed by atoms with Crippen molar-refractivity contribution in [2.75, 3.05) is 30.8 Å². The molecule has 0 aromatic heterocycles. The lowest BCUT2D eigenvalue weighted by Crippen LogP contribution is -2.46. The number of nitrogens with one attached hydrogen (secondary N) is 1. The highest BCUT2D eigenvalue weighted by atomic mass is 32.2. The molecule has 0 radical (unpaired) electrons. The Kier molecular flexibility index (Phi) is 4.53. The molecule has 2 aliphatic rings. The molecule has 0 aliphatic carbocycles. The highest BCUT2D eigenvalue weighted by Gasteiger charge is 2.27. The van der Waals surface area contributed by atoms with Crippen molar-refractivity contribution in [1.29, 1.82) is 0 Å². The number of rotatable bonds is 3. The van der Waals surface area contributed by atoms with Gasteiger partial charge in [-0.25, -0.2) is 0 Å². The average molecular weight is 336 g/mol. The van der Waals surface area contributed by atoms with E-state index in [2.05, 4.69) is 5.32 Å². The summed E-state index contributed by atoms with van der Waals surface area (Å²) in [6.07, 6.45) is -0.612. The van der Waals surface area contributed by atoms with E-state index >= 15 is 0 Å². The number of amides is 2. The molecular formula is C15H16N2O5S. The maximum Gasteiger partial charge on any atom is 0.306 e. The quantitative estimate of drug-likeness (QED) is 0.856. The van der Waals surface area contributed by atoms with Crippen LogP contribution in [-0.4, -0.2) is 59.3 Å². The molecule has 1 atom stereocenters. The van der Waals surface area contributed by atoms with Crippen molar-refractivity contribution in [3.8, 4) is 0 Å². The standard InChI is InChI=1S/C15H16N2O5S/c18-13-8-23-12-2-1-9(5-11(12)16-13)15(21)17-3-4-22-10(7-17)6-14(19)20/h1-2,5,10H,3-4,6-8H2,(H,16,18)(H,19,20). The Bertz CT molecular complexity index is 663. The molecule has 2 aliphatic heterocycles. The monoisotopic (exact) mass is 336 g/mol.